The lowest BCUT2D eigenvalue weighted by molar-refractivity contribution is 0.120. The predicted molar refractivity (Wildman–Crippen MR) is 61.0 cm³/mol. The highest BCUT2D eigenvalue weighted by Gasteiger charge is 2.28. The van der Waals surface area contributed by atoms with Gasteiger partial charge in [0.05, 0.1) is 0 Å². The standard InChI is InChI=1S/C10H20N2O2S/c13-15(14)10(9-11-5-4-6-11)12-7-2-1-3-8-12/h10H,1-9H2,(H,13,14). The summed E-state index contributed by atoms with van der Waals surface area (Å²) in [6.45, 7) is 4.95. The molecule has 0 aromatic heterocycles. The summed E-state index contributed by atoms with van der Waals surface area (Å²) in [4.78, 5) is 4.46. The average molecular weight is 232 g/mol. The van der Waals surface area contributed by atoms with E-state index in [1.54, 1.807) is 0 Å². The third-order valence-corrected chi connectivity index (χ3v) is 4.31. The molecular formula is C10H20N2O2S. The van der Waals surface area contributed by atoms with E-state index in [2.05, 4.69) is 9.80 Å². The summed E-state index contributed by atoms with van der Waals surface area (Å²) >= 11 is -1.70. The second kappa shape index (κ2) is 5.39. The highest BCUT2D eigenvalue weighted by Crippen LogP contribution is 2.17. The van der Waals surface area contributed by atoms with Gasteiger partial charge in [0.1, 0.15) is 5.37 Å². The minimum atomic E-state index is -1.70. The minimum Gasteiger partial charge on any atom is -0.305 e. The lowest BCUT2D eigenvalue weighted by atomic mass is 10.1. The van der Waals surface area contributed by atoms with E-state index in [4.69, 9.17) is 0 Å². The van der Waals surface area contributed by atoms with Crippen LogP contribution in [0.2, 0.25) is 0 Å². The van der Waals surface area contributed by atoms with E-state index < -0.39 is 11.1 Å². The zero-order valence-corrected chi connectivity index (χ0v) is 9.92. The second-order valence-corrected chi connectivity index (χ2v) is 5.58. The SMILES string of the molecule is O=S(O)C(CN1CCC1)N1CCCCC1. The lowest BCUT2D eigenvalue weighted by Crippen LogP contribution is -2.51. The molecule has 0 spiro atoms. The van der Waals surface area contributed by atoms with Crippen molar-refractivity contribution in [3.63, 3.8) is 0 Å². The van der Waals surface area contributed by atoms with Crippen molar-refractivity contribution in [3.05, 3.63) is 0 Å². The van der Waals surface area contributed by atoms with Gasteiger partial charge in [-0.2, -0.15) is 0 Å². The Morgan fingerprint density at radius 1 is 1.07 bits per heavy atom. The van der Waals surface area contributed by atoms with Crippen LogP contribution in [0.3, 0.4) is 0 Å². The van der Waals surface area contributed by atoms with Crippen molar-refractivity contribution >= 4 is 11.1 Å². The third-order valence-electron chi connectivity index (χ3n) is 3.39. The molecule has 2 rings (SSSR count). The third kappa shape index (κ3) is 3.00. The van der Waals surface area contributed by atoms with E-state index >= 15 is 0 Å². The molecule has 1 N–H and O–H groups in total. The van der Waals surface area contributed by atoms with E-state index in [1.807, 2.05) is 0 Å². The van der Waals surface area contributed by atoms with Crippen LogP contribution in [0.4, 0.5) is 0 Å². The fourth-order valence-electron chi connectivity index (χ4n) is 2.30. The molecule has 2 aliphatic rings. The average Bonchev–Trinajstić information content (AvgIpc) is 2.17. The summed E-state index contributed by atoms with van der Waals surface area (Å²) in [6.07, 6.45) is 4.86. The Morgan fingerprint density at radius 2 is 1.73 bits per heavy atom. The van der Waals surface area contributed by atoms with Gasteiger partial charge in [0.25, 0.3) is 0 Å². The second-order valence-electron chi connectivity index (χ2n) is 4.48. The Morgan fingerprint density at radius 3 is 2.20 bits per heavy atom. The maximum Gasteiger partial charge on any atom is 0.172 e. The van der Waals surface area contributed by atoms with Crippen LogP contribution < -0.4 is 0 Å². The van der Waals surface area contributed by atoms with Crippen LogP contribution in [-0.4, -0.2) is 56.7 Å². The monoisotopic (exact) mass is 232 g/mol. The topological polar surface area (TPSA) is 43.8 Å². The fourth-order valence-corrected chi connectivity index (χ4v) is 3.10. The maximum atomic E-state index is 11.3. The summed E-state index contributed by atoms with van der Waals surface area (Å²) in [5.41, 5.74) is 0. The van der Waals surface area contributed by atoms with Crippen LogP contribution in [0.15, 0.2) is 0 Å². The molecule has 2 aliphatic heterocycles. The quantitative estimate of drug-likeness (QED) is 0.726. The Bertz CT molecular complexity index is 227. The molecule has 2 unspecified atom stereocenters. The number of hydrogen-bond donors (Lipinski definition) is 1. The summed E-state index contributed by atoms with van der Waals surface area (Å²) in [5, 5.41) is -0.161. The van der Waals surface area contributed by atoms with Crippen molar-refractivity contribution in [1.82, 2.24) is 9.80 Å². The van der Waals surface area contributed by atoms with Gasteiger partial charge >= 0.3 is 0 Å². The van der Waals surface area contributed by atoms with E-state index in [9.17, 15) is 8.76 Å². The van der Waals surface area contributed by atoms with Gasteiger partial charge in [-0.05, 0) is 45.4 Å². The number of likely N-dealkylation sites (tertiary alicyclic amines) is 2. The number of hydrogen-bond acceptors (Lipinski definition) is 3. The van der Waals surface area contributed by atoms with Crippen LogP contribution in [0.25, 0.3) is 0 Å². The fraction of sp³-hybridized carbons (Fsp3) is 1.00. The van der Waals surface area contributed by atoms with Crippen LogP contribution >= 0.6 is 0 Å². The molecular weight excluding hydrogens is 212 g/mol. The summed E-state index contributed by atoms with van der Waals surface area (Å²) in [5.74, 6) is 0. The zero-order chi connectivity index (χ0) is 10.7. The van der Waals surface area contributed by atoms with E-state index in [-0.39, 0.29) is 5.37 Å². The van der Waals surface area contributed by atoms with Gasteiger partial charge in [-0.25, -0.2) is 4.21 Å². The Hall–Kier alpha value is 0.0300. The smallest absolute Gasteiger partial charge is 0.172 e. The van der Waals surface area contributed by atoms with Crippen molar-refractivity contribution in [2.75, 3.05) is 32.7 Å². The Kier molecular flexibility index (Phi) is 4.13. The first-order valence-electron chi connectivity index (χ1n) is 5.83. The maximum absolute atomic E-state index is 11.3. The van der Waals surface area contributed by atoms with Crippen molar-refractivity contribution in [3.8, 4) is 0 Å². The number of rotatable bonds is 4. The van der Waals surface area contributed by atoms with Crippen molar-refractivity contribution in [2.45, 2.75) is 31.1 Å². The molecule has 0 saturated carbocycles. The van der Waals surface area contributed by atoms with Crippen molar-refractivity contribution in [2.24, 2.45) is 0 Å². The van der Waals surface area contributed by atoms with Crippen LogP contribution in [0.1, 0.15) is 25.7 Å². The first-order chi connectivity index (χ1) is 7.27. The minimum absolute atomic E-state index is 0.161. The molecule has 0 aliphatic carbocycles. The molecule has 4 nitrogen and oxygen atoms in total. The first-order valence-corrected chi connectivity index (χ1v) is 7.00. The van der Waals surface area contributed by atoms with Crippen LogP contribution in [0.5, 0.6) is 0 Å². The van der Waals surface area contributed by atoms with E-state index in [0.29, 0.717) is 0 Å². The van der Waals surface area contributed by atoms with Gasteiger partial charge in [-0.1, -0.05) is 6.42 Å². The van der Waals surface area contributed by atoms with Crippen LogP contribution in [0, 0.1) is 0 Å². The summed E-state index contributed by atoms with van der Waals surface area (Å²) < 4.78 is 20.7. The molecule has 15 heavy (non-hydrogen) atoms. The highest BCUT2D eigenvalue weighted by atomic mass is 32.2. The van der Waals surface area contributed by atoms with Gasteiger partial charge in [0, 0.05) is 6.54 Å². The van der Waals surface area contributed by atoms with Gasteiger partial charge < -0.3 is 9.45 Å². The number of nitrogens with zero attached hydrogens (tertiary/aromatic N) is 2. The van der Waals surface area contributed by atoms with Crippen LogP contribution in [-0.2, 0) is 11.1 Å². The summed E-state index contributed by atoms with van der Waals surface area (Å²) in [7, 11) is 0. The molecule has 5 heteroatoms. The molecule has 2 heterocycles. The Labute approximate surface area is 93.9 Å². The molecule has 0 bridgehead atoms. The van der Waals surface area contributed by atoms with Gasteiger partial charge in [-0.15, -0.1) is 0 Å². The van der Waals surface area contributed by atoms with E-state index in [1.165, 1.54) is 25.7 Å². The largest absolute Gasteiger partial charge is 0.305 e. The lowest BCUT2D eigenvalue weighted by Gasteiger charge is -2.38. The Balaban J connectivity index is 1.88. The van der Waals surface area contributed by atoms with Gasteiger partial charge in [-0.3, -0.25) is 4.90 Å². The van der Waals surface area contributed by atoms with Crippen molar-refractivity contribution in [1.29, 1.82) is 0 Å². The molecule has 2 saturated heterocycles. The molecule has 2 atom stereocenters. The predicted octanol–water partition coefficient (Wildman–Crippen LogP) is 0.726. The molecule has 2 fully saturated rings. The van der Waals surface area contributed by atoms with E-state index in [0.717, 1.165) is 32.7 Å². The number of piperidine rings is 1. The van der Waals surface area contributed by atoms with Gasteiger partial charge in [0.15, 0.2) is 11.1 Å². The van der Waals surface area contributed by atoms with Crippen molar-refractivity contribution < 1.29 is 8.76 Å². The molecule has 0 aromatic rings. The van der Waals surface area contributed by atoms with Gasteiger partial charge in [0.2, 0.25) is 0 Å². The molecule has 0 aromatic carbocycles. The summed E-state index contributed by atoms with van der Waals surface area (Å²) in [6, 6.07) is 0. The molecule has 0 amide bonds. The molecule has 88 valence electrons. The highest BCUT2D eigenvalue weighted by molar-refractivity contribution is 7.79. The zero-order valence-electron chi connectivity index (χ0n) is 9.10. The first kappa shape index (κ1) is 11.5. The normalized spacial score (nSPS) is 28.3. The molecule has 0 radical (unpaired) electrons.